The quantitative estimate of drug-likeness (QED) is 0.729. The van der Waals surface area contributed by atoms with Crippen molar-refractivity contribution in [2.75, 3.05) is 11.4 Å². The van der Waals surface area contributed by atoms with Crippen LogP contribution in [0.15, 0.2) is 18.2 Å². The molecule has 1 atom stereocenters. The van der Waals surface area contributed by atoms with Gasteiger partial charge in [-0.25, -0.2) is 0 Å². The molecular formula is C13H18ClNO. The Morgan fingerprint density at radius 2 is 2.12 bits per heavy atom. The van der Waals surface area contributed by atoms with Gasteiger partial charge in [0.15, 0.2) is 6.29 Å². The summed E-state index contributed by atoms with van der Waals surface area (Å²) in [4.78, 5) is 13.2. The zero-order chi connectivity index (χ0) is 12.1. The number of carbonyl (C=O) groups is 1. The number of rotatable bonds is 5. The van der Waals surface area contributed by atoms with Crippen LogP contribution >= 0.6 is 11.6 Å². The zero-order valence-corrected chi connectivity index (χ0v) is 10.8. The predicted molar refractivity (Wildman–Crippen MR) is 69.6 cm³/mol. The van der Waals surface area contributed by atoms with E-state index in [1.54, 1.807) is 12.1 Å². The summed E-state index contributed by atoms with van der Waals surface area (Å²) in [6.07, 6.45) is 1.93. The molecule has 0 saturated heterocycles. The van der Waals surface area contributed by atoms with Crippen molar-refractivity contribution in [3.8, 4) is 0 Å². The summed E-state index contributed by atoms with van der Waals surface area (Å²) < 4.78 is 0. The molecule has 0 aliphatic rings. The van der Waals surface area contributed by atoms with Crippen LogP contribution in [0.3, 0.4) is 0 Å². The van der Waals surface area contributed by atoms with E-state index >= 15 is 0 Å². The maximum atomic E-state index is 11.0. The van der Waals surface area contributed by atoms with Crippen molar-refractivity contribution < 1.29 is 4.79 Å². The van der Waals surface area contributed by atoms with E-state index in [1.807, 2.05) is 6.07 Å². The van der Waals surface area contributed by atoms with Gasteiger partial charge in [0.1, 0.15) is 0 Å². The Kier molecular flexibility index (Phi) is 4.81. The molecule has 16 heavy (non-hydrogen) atoms. The van der Waals surface area contributed by atoms with Gasteiger partial charge in [0, 0.05) is 28.9 Å². The Morgan fingerprint density at radius 3 is 2.62 bits per heavy atom. The SMILES string of the molecule is CCC(C)N(CC)c1cc(Cl)ccc1C=O. The summed E-state index contributed by atoms with van der Waals surface area (Å²) >= 11 is 5.98. The molecule has 1 rings (SSSR count). The normalized spacial score (nSPS) is 12.2. The molecule has 0 aliphatic heterocycles. The molecule has 1 aromatic rings. The molecule has 0 fully saturated rings. The van der Waals surface area contributed by atoms with Crippen LogP contribution in [-0.2, 0) is 0 Å². The first kappa shape index (κ1) is 13.0. The molecule has 0 spiro atoms. The highest BCUT2D eigenvalue weighted by atomic mass is 35.5. The minimum Gasteiger partial charge on any atom is -0.368 e. The molecule has 0 aliphatic carbocycles. The second-order valence-corrected chi connectivity index (χ2v) is 4.30. The maximum Gasteiger partial charge on any atom is 0.152 e. The molecule has 1 aromatic carbocycles. The van der Waals surface area contributed by atoms with Crippen LogP contribution < -0.4 is 4.90 Å². The first-order valence-electron chi connectivity index (χ1n) is 5.65. The Labute approximate surface area is 102 Å². The second-order valence-electron chi connectivity index (χ2n) is 3.86. The van der Waals surface area contributed by atoms with E-state index < -0.39 is 0 Å². The molecule has 3 heteroatoms. The second kappa shape index (κ2) is 5.90. The van der Waals surface area contributed by atoms with Crippen LogP contribution in [0, 0.1) is 0 Å². The highest BCUT2D eigenvalue weighted by Gasteiger charge is 2.14. The van der Waals surface area contributed by atoms with Gasteiger partial charge in [0.2, 0.25) is 0 Å². The van der Waals surface area contributed by atoms with Gasteiger partial charge in [-0.05, 0) is 38.5 Å². The van der Waals surface area contributed by atoms with Gasteiger partial charge < -0.3 is 4.90 Å². The van der Waals surface area contributed by atoms with Crippen molar-refractivity contribution in [3.05, 3.63) is 28.8 Å². The average molecular weight is 240 g/mol. The van der Waals surface area contributed by atoms with Crippen molar-refractivity contribution in [2.24, 2.45) is 0 Å². The van der Waals surface area contributed by atoms with Crippen LogP contribution in [0.5, 0.6) is 0 Å². The smallest absolute Gasteiger partial charge is 0.152 e. The van der Waals surface area contributed by atoms with E-state index in [-0.39, 0.29) is 0 Å². The first-order valence-corrected chi connectivity index (χ1v) is 6.03. The molecule has 88 valence electrons. The van der Waals surface area contributed by atoms with E-state index in [0.29, 0.717) is 16.6 Å². The lowest BCUT2D eigenvalue weighted by atomic mass is 10.1. The van der Waals surface area contributed by atoms with Gasteiger partial charge in [-0.3, -0.25) is 4.79 Å². The number of hydrogen-bond donors (Lipinski definition) is 0. The lowest BCUT2D eigenvalue weighted by molar-refractivity contribution is 0.112. The Hall–Kier alpha value is -1.02. The fraction of sp³-hybridized carbons (Fsp3) is 0.462. The minimum absolute atomic E-state index is 0.405. The van der Waals surface area contributed by atoms with Gasteiger partial charge in [-0.2, -0.15) is 0 Å². The van der Waals surface area contributed by atoms with Crippen molar-refractivity contribution >= 4 is 23.6 Å². The zero-order valence-electron chi connectivity index (χ0n) is 10.0. The summed E-state index contributed by atoms with van der Waals surface area (Å²) in [7, 11) is 0. The summed E-state index contributed by atoms with van der Waals surface area (Å²) in [6, 6.07) is 5.79. The van der Waals surface area contributed by atoms with Crippen LogP contribution in [0.4, 0.5) is 5.69 Å². The van der Waals surface area contributed by atoms with Gasteiger partial charge in [-0.15, -0.1) is 0 Å². The van der Waals surface area contributed by atoms with Crippen LogP contribution in [0.1, 0.15) is 37.6 Å². The van der Waals surface area contributed by atoms with Crippen molar-refractivity contribution in [2.45, 2.75) is 33.2 Å². The monoisotopic (exact) mass is 239 g/mol. The molecule has 1 unspecified atom stereocenters. The standard InChI is InChI=1S/C13H18ClNO/c1-4-10(3)15(5-2)13-8-12(14)7-6-11(13)9-16/h6-10H,4-5H2,1-3H3. The number of hydrogen-bond acceptors (Lipinski definition) is 2. The van der Waals surface area contributed by atoms with E-state index in [9.17, 15) is 4.79 Å². The highest BCUT2D eigenvalue weighted by Crippen LogP contribution is 2.26. The van der Waals surface area contributed by atoms with Crippen molar-refractivity contribution in [3.63, 3.8) is 0 Å². The fourth-order valence-electron chi connectivity index (χ4n) is 1.81. The van der Waals surface area contributed by atoms with E-state index in [0.717, 1.165) is 24.9 Å². The molecule has 0 radical (unpaired) electrons. The average Bonchev–Trinajstić information content (AvgIpc) is 2.30. The third-order valence-electron chi connectivity index (χ3n) is 2.89. The van der Waals surface area contributed by atoms with Crippen LogP contribution in [0.25, 0.3) is 0 Å². The third kappa shape index (κ3) is 2.76. The largest absolute Gasteiger partial charge is 0.368 e. The third-order valence-corrected chi connectivity index (χ3v) is 3.13. The molecule has 0 saturated carbocycles. The first-order chi connectivity index (χ1) is 7.63. The lowest BCUT2D eigenvalue weighted by Gasteiger charge is -2.30. The molecule has 0 N–H and O–H groups in total. The number of benzene rings is 1. The summed E-state index contributed by atoms with van der Waals surface area (Å²) in [5, 5.41) is 0.669. The van der Waals surface area contributed by atoms with E-state index in [4.69, 9.17) is 11.6 Å². The van der Waals surface area contributed by atoms with Gasteiger partial charge >= 0.3 is 0 Å². The van der Waals surface area contributed by atoms with Crippen molar-refractivity contribution in [1.29, 1.82) is 0 Å². The molecule has 2 nitrogen and oxygen atoms in total. The summed E-state index contributed by atoms with van der Waals surface area (Å²) in [5.41, 5.74) is 1.63. The fourth-order valence-corrected chi connectivity index (χ4v) is 1.97. The predicted octanol–water partition coefficient (Wildman–Crippen LogP) is 3.78. The number of nitrogens with zero attached hydrogens (tertiary/aromatic N) is 1. The molecule has 0 bridgehead atoms. The van der Waals surface area contributed by atoms with Gasteiger partial charge in [0.25, 0.3) is 0 Å². The number of aldehydes is 1. The molecular weight excluding hydrogens is 222 g/mol. The van der Waals surface area contributed by atoms with Crippen LogP contribution in [0.2, 0.25) is 5.02 Å². The maximum absolute atomic E-state index is 11.0. The number of anilines is 1. The summed E-state index contributed by atoms with van der Waals surface area (Å²) in [5.74, 6) is 0. The van der Waals surface area contributed by atoms with E-state index in [1.165, 1.54) is 0 Å². The number of halogens is 1. The molecule has 0 heterocycles. The molecule has 0 amide bonds. The highest BCUT2D eigenvalue weighted by molar-refractivity contribution is 6.31. The Balaban J connectivity index is 3.16. The van der Waals surface area contributed by atoms with Gasteiger partial charge in [-0.1, -0.05) is 18.5 Å². The Bertz CT molecular complexity index is 365. The molecule has 0 aromatic heterocycles. The lowest BCUT2D eigenvalue weighted by Crippen LogP contribution is -2.33. The van der Waals surface area contributed by atoms with Crippen molar-refractivity contribution in [1.82, 2.24) is 0 Å². The van der Waals surface area contributed by atoms with Gasteiger partial charge in [0.05, 0.1) is 0 Å². The van der Waals surface area contributed by atoms with E-state index in [2.05, 4.69) is 25.7 Å². The topological polar surface area (TPSA) is 20.3 Å². The Morgan fingerprint density at radius 1 is 1.44 bits per heavy atom. The van der Waals surface area contributed by atoms with Crippen LogP contribution in [-0.4, -0.2) is 18.9 Å². The number of carbonyl (C=O) groups excluding carboxylic acids is 1. The minimum atomic E-state index is 0.405. The summed E-state index contributed by atoms with van der Waals surface area (Å²) in [6.45, 7) is 7.25.